The fraction of sp³-hybridized carbons (Fsp3) is 0.429. The lowest BCUT2D eigenvalue weighted by molar-refractivity contribution is -0.147. The molecule has 0 aromatic carbocycles. The van der Waals surface area contributed by atoms with E-state index in [0.29, 0.717) is 12.8 Å². The summed E-state index contributed by atoms with van der Waals surface area (Å²) in [7, 11) is 0. The van der Waals surface area contributed by atoms with Gasteiger partial charge in [0.25, 0.3) is 0 Å². The molecule has 2 rings (SSSR count). The van der Waals surface area contributed by atoms with Crippen LogP contribution in [-0.2, 0) is 9.59 Å². The number of nitrogens with zero attached hydrogens (tertiary/aromatic N) is 1. The van der Waals surface area contributed by atoms with Crippen LogP contribution in [0.3, 0.4) is 0 Å². The van der Waals surface area contributed by atoms with Crippen molar-refractivity contribution in [2.45, 2.75) is 18.9 Å². The van der Waals surface area contributed by atoms with Crippen LogP contribution in [0.2, 0.25) is 0 Å². The second-order valence-corrected chi connectivity index (χ2v) is 2.75. The number of carboxylic acids is 1. The lowest BCUT2D eigenvalue weighted by Crippen LogP contribution is -2.49. The number of aliphatic carboxylic acids is 1. The van der Waals surface area contributed by atoms with Crippen LogP contribution >= 0.6 is 0 Å². The summed E-state index contributed by atoms with van der Waals surface area (Å²) in [4.78, 5) is 22.7. The first-order valence-corrected chi connectivity index (χ1v) is 3.45. The molecule has 11 heavy (non-hydrogen) atoms. The zero-order valence-corrected chi connectivity index (χ0v) is 5.78. The summed E-state index contributed by atoms with van der Waals surface area (Å²) in [5.41, 5.74) is 0.159. The van der Waals surface area contributed by atoms with Crippen LogP contribution in [0.25, 0.3) is 0 Å². The van der Waals surface area contributed by atoms with Gasteiger partial charge in [-0.1, -0.05) is 6.08 Å². The molecule has 0 radical (unpaired) electrons. The Labute approximate surface area is 63.1 Å². The molecule has 1 fully saturated rings. The van der Waals surface area contributed by atoms with Gasteiger partial charge in [0.05, 0.1) is 0 Å². The van der Waals surface area contributed by atoms with Gasteiger partial charge in [-0.05, 0) is 6.42 Å². The maximum absolute atomic E-state index is 10.8. The number of β-lactam (4-membered cyclic amide) rings is 1. The minimum Gasteiger partial charge on any atom is -0.477 e. The van der Waals surface area contributed by atoms with Crippen molar-refractivity contribution in [2.75, 3.05) is 0 Å². The van der Waals surface area contributed by atoms with E-state index in [4.69, 9.17) is 5.11 Å². The standard InChI is InChI=1S/C7H7NO3/c9-6-3-4-1-2-5(7(10)11)8(4)6/h2,4H,1,3H2,(H,10,11)/t4-/m0/s1. The van der Waals surface area contributed by atoms with Crippen LogP contribution in [0.5, 0.6) is 0 Å². The topological polar surface area (TPSA) is 57.6 Å². The molecule has 0 bridgehead atoms. The van der Waals surface area contributed by atoms with Crippen molar-refractivity contribution in [3.63, 3.8) is 0 Å². The normalized spacial score (nSPS) is 27.6. The molecule has 2 heterocycles. The molecule has 2 aliphatic heterocycles. The number of carbonyl (C=O) groups is 2. The molecule has 0 saturated carbocycles. The van der Waals surface area contributed by atoms with Gasteiger partial charge in [-0.25, -0.2) is 4.79 Å². The van der Waals surface area contributed by atoms with E-state index in [1.165, 1.54) is 4.90 Å². The number of amides is 1. The summed E-state index contributed by atoms with van der Waals surface area (Å²) < 4.78 is 0. The highest BCUT2D eigenvalue weighted by Crippen LogP contribution is 2.33. The molecule has 4 heteroatoms. The Morgan fingerprint density at radius 1 is 1.73 bits per heavy atom. The summed E-state index contributed by atoms with van der Waals surface area (Å²) in [6, 6.07) is 0.147. The summed E-state index contributed by atoms with van der Waals surface area (Å²) >= 11 is 0. The van der Waals surface area contributed by atoms with Gasteiger partial charge in [-0.15, -0.1) is 0 Å². The zero-order chi connectivity index (χ0) is 8.01. The van der Waals surface area contributed by atoms with Gasteiger partial charge in [0, 0.05) is 12.5 Å². The highest BCUT2D eigenvalue weighted by molar-refractivity contribution is 5.97. The largest absolute Gasteiger partial charge is 0.477 e. The quantitative estimate of drug-likeness (QED) is 0.538. The monoisotopic (exact) mass is 153 g/mol. The molecule has 0 unspecified atom stereocenters. The average molecular weight is 153 g/mol. The van der Waals surface area contributed by atoms with Crippen molar-refractivity contribution < 1.29 is 14.7 Å². The van der Waals surface area contributed by atoms with Gasteiger partial charge < -0.3 is 10.0 Å². The fourth-order valence-corrected chi connectivity index (χ4v) is 1.54. The Morgan fingerprint density at radius 2 is 2.45 bits per heavy atom. The molecule has 0 spiro atoms. The molecular weight excluding hydrogens is 146 g/mol. The number of hydrogen-bond donors (Lipinski definition) is 1. The van der Waals surface area contributed by atoms with Gasteiger partial charge in [-0.2, -0.15) is 0 Å². The van der Waals surface area contributed by atoms with Crippen molar-refractivity contribution in [3.05, 3.63) is 11.8 Å². The summed E-state index contributed by atoms with van der Waals surface area (Å²) in [5.74, 6) is -1.07. The molecule has 0 aromatic rings. The molecular formula is C7H7NO3. The third-order valence-electron chi connectivity index (χ3n) is 2.11. The highest BCUT2D eigenvalue weighted by Gasteiger charge is 2.43. The van der Waals surface area contributed by atoms with Crippen LogP contribution in [0.1, 0.15) is 12.8 Å². The predicted molar refractivity (Wildman–Crippen MR) is 35.6 cm³/mol. The number of hydrogen-bond acceptors (Lipinski definition) is 2. The minimum atomic E-state index is -0.999. The number of rotatable bonds is 1. The SMILES string of the molecule is O=C(O)C1=CC[C@H]2CC(=O)N12. The smallest absolute Gasteiger partial charge is 0.352 e. The van der Waals surface area contributed by atoms with Gasteiger partial charge in [0.1, 0.15) is 5.70 Å². The van der Waals surface area contributed by atoms with E-state index in [1.54, 1.807) is 6.08 Å². The lowest BCUT2D eigenvalue weighted by Gasteiger charge is -2.35. The summed E-state index contributed by atoms with van der Waals surface area (Å²) in [6.07, 6.45) is 2.82. The first-order chi connectivity index (χ1) is 5.20. The Hall–Kier alpha value is -1.32. The second kappa shape index (κ2) is 1.84. The van der Waals surface area contributed by atoms with Crippen molar-refractivity contribution in [3.8, 4) is 0 Å². The third kappa shape index (κ3) is 0.691. The maximum atomic E-state index is 10.8. The van der Waals surface area contributed by atoms with E-state index < -0.39 is 5.97 Å². The maximum Gasteiger partial charge on any atom is 0.352 e. The van der Waals surface area contributed by atoms with Gasteiger partial charge in [0.15, 0.2) is 0 Å². The molecule has 1 N–H and O–H groups in total. The molecule has 0 aliphatic carbocycles. The van der Waals surface area contributed by atoms with E-state index in [9.17, 15) is 9.59 Å². The van der Waals surface area contributed by atoms with Crippen LogP contribution in [0, 0.1) is 0 Å². The Balaban J connectivity index is 2.24. The molecule has 1 amide bonds. The van der Waals surface area contributed by atoms with Crippen LogP contribution < -0.4 is 0 Å². The summed E-state index contributed by atoms with van der Waals surface area (Å²) in [5, 5.41) is 8.59. The van der Waals surface area contributed by atoms with E-state index in [1.807, 2.05) is 0 Å². The van der Waals surface area contributed by atoms with E-state index >= 15 is 0 Å². The average Bonchev–Trinajstić information content (AvgIpc) is 2.25. The van der Waals surface area contributed by atoms with Crippen LogP contribution in [0.15, 0.2) is 11.8 Å². The Kier molecular flexibility index (Phi) is 1.07. The van der Waals surface area contributed by atoms with E-state index in [0.717, 1.165) is 0 Å². The number of fused-ring (bicyclic) bond motifs is 1. The van der Waals surface area contributed by atoms with E-state index in [-0.39, 0.29) is 17.6 Å². The third-order valence-corrected chi connectivity index (χ3v) is 2.11. The van der Waals surface area contributed by atoms with E-state index in [2.05, 4.69) is 0 Å². The molecule has 0 aromatic heterocycles. The highest BCUT2D eigenvalue weighted by atomic mass is 16.4. The molecule has 1 saturated heterocycles. The number of carboxylic acid groups (broad SMARTS) is 1. The molecule has 2 aliphatic rings. The Morgan fingerprint density at radius 3 is 2.91 bits per heavy atom. The predicted octanol–water partition coefficient (Wildman–Crippen LogP) is -0.0405. The van der Waals surface area contributed by atoms with Crippen molar-refractivity contribution >= 4 is 11.9 Å². The Bertz CT molecular complexity index is 269. The number of carbonyl (C=O) groups excluding carboxylic acids is 1. The fourth-order valence-electron chi connectivity index (χ4n) is 1.54. The van der Waals surface area contributed by atoms with Crippen LogP contribution in [0.4, 0.5) is 0 Å². The van der Waals surface area contributed by atoms with Gasteiger partial charge in [0.2, 0.25) is 5.91 Å². The lowest BCUT2D eigenvalue weighted by atomic mass is 10.0. The van der Waals surface area contributed by atoms with Crippen molar-refractivity contribution in [1.82, 2.24) is 4.90 Å². The van der Waals surface area contributed by atoms with Crippen molar-refractivity contribution in [2.24, 2.45) is 0 Å². The second-order valence-electron chi connectivity index (χ2n) is 2.75. The van der Waals surface area contributed by atoms with Crippen LogP contribution in [-0.4, -0.2) is 27.9 Å². The molecule has 58 valence electrons. The zero-order valence-electron chi connectivity index (χ0n) is 5.78. The minimum absolute atomic E-state index is 0.0684. The molecule has 4 nitrogen and oxygen atoms in total. The first kappa shape index (κ1) is 6.39. The first-order valence-electron chi connectivity index (χ1n) is 3.45. The van der Waals surface area contributed by atoms with Gasteiger partial charge in [-0.3, -0.25) is 4.79 Å². The van der Waals surface area contributed by atoms with Gasteiger partial charge >= 0.3 is 5.97 Å². The van der Waals surface area contributed by atoms with Crippen molar-refractivity contribution in [1.29, 1.82) is 0 Å². The summed E-state index contributed by atoms with van der Waals surface area (Å²) in [6.45, 7) is 0. The molecule has 1 atom stereocenters.